The quantitative estimate of drug-likeness (QED) is 0.194. The minimum Gasteiger partial charge on any atom is -0.594 e. The molecule has 0 aliphatic rings. The van der Waals surface area contributed by atoms with Crippen molar-refractivity contribution in [1.82, 2.24) is 25.3 Å². The van der Waals surface area contributed by atoms with Crippen molar-refractivity contribution in [3.63, 3.8) is 0 Å². The van der Waals surface area contributed by atoms with Crippen LogP contribution in [0.5, 0.6) is 0 Å². The molecule has 0 saturated heterocycles. The standard InChI is InChI=1S/C16H15N3O.C16H15N3/c1-10-7-11(2)9-13(8-10)16-17-15-12(3)5-4-6-14(15)19(20)18-16;1-10-7-11(2)9-13(8-10)16-17-15-12(3)5-4-6-14(15)18-19-16/h4-9H,1-3H3;4-9H,1-3H3. The molecule has 6 rings (SSSR count). The molecule has 0 aliphatic heterocycles. The molecule has 0 aliphatic carbocycles. The van der Waals surface area contributed by atoms with Crippen LogP contribution in [0.1, 0.15) is 33.4 Å². The molecule has 0 saturated carbocycles. The fourth-order valence-electron chi connectivity index (χ4n) is 4.76. The van der Waals surface area contributed by atoms with Gasteiger partial charge in [0.25, 0.3) is 5.52 Å². The van der Waals surface area contributed by atoms with Crippen LogP contribution in [-0.2, 0) is 0 Å². The van der Waals surface area contributed by atoms with Crippen molar-refractivity contribution >= 4 is 22.1 Å². The lowest BCUT2D eigenvalue weighted by molar-refractivity contribution is -0.642. The average Bonchev–Trinajstić information content (AvgIpc) is 2.88. The summed E-state index contributed by atoms with van der Waals surface area (Å²) in [4.78, 5) is 9.86. The molecule has 0 unspecified atom stereocenters. The molecule has 0 fully saturated rings. The van der Waals surface area contributed by atoms with E-state index >= 15 is 0 Å². The van der Waals surface area contributed by atoms with Crippen LogP contribution >= 0.6 is 0 Å². The van der Waals surface area contributed by atoms with E-state index in [1.54, 1.807) is 6.07 Å². The van der Waals surface area contributed by atoms with Gasteiger partial charge in [0.1, 0.15) is 11.0 Å². The first-order valence-electron chi connectivity index (χ1n) is 12.8. The lowest BCUT2D eigenvalue weighted by Crippen LogP contribution is -2.33. The van der Waals surface area contributed by atoms with Gasteiger partial charge in [-0.3, -0.25) is 0 Å². The van der Waals surface area contributed by atoms with Crippen LogP contribution in [0, 0.1) is 46.7 Å². The van der Waals surface area contributed by atoms with Crippen LogP contribution in [-0.4, -0.2) is 25.3 Å². The lowest BCUT2D eigenvalue weighted by Gasteiger charge is -2.06. The molecule has 0 bridgehead atoms. The number of nitrogens with zero attached hydrogens (tertiary/aromatic N) is 6. The highest BCUT2D eigenvalue weighted by atomic mass is 16.5. The highest BCUT2D eigenvalue weighted by molar-refractivity contribution is 5.79. The summed E-state index contributed by atoms with van der Waals surface area (Å²) in [5, 5.41) is 24.6. The van der Waals surface area contributed by atoms with E-state index in [2.05, 4.69) is 63.4 Å². The summed E-state index contributed by atoms with van der Waals surface area (Å²) in [6.45, 7) is 12.2. The fraction of sp³-hybridized carbons (Fsp3) is 0.188. The maximum atomic E-state index is 12.1. The number of aromatic nitrogens is 6. The molecular formula is C32H30N6O. The van der Waals surface area contributed by atoms with Gasteiger partial charge in [0.2, 0.25) is 5.82 Å². The predicted molar refractivity (Wildman–Crippen MR) is 155 cm³/mol. The molecular weight excluding hydrogens is 484 g/mol. The average molecular weight is 515 g/mol. The molecule has 0 radical (unpaired) electrons. The van der Waals surface area contributed by atoms with Gasteiger partial charge in [-0.2, -0.15) is 0 Å². The Kier molecular flexibility index (Phi) is 6.98. The van der Waals surface area contributed by atoms with Gasteiger partial charge in [0, 0.05) is 22.3 Å². The van der Waals surface area contributed by atoms with Crippen molar-refractivity contribution in [3.8, 4) is 22.8 Å². The molecule has 0 spiro atoms. The van der Waals surface area contributed by atoms with Gasteiger partial charge >= 0.3 is 0 Å². The van der Waals surface area contributed by atoms with E-state index in [-0.39, 0.29) is 0 Å². The maximum Gasteiger partial charge on any atom is 0.270 e. The zero-order valence-corrected chi connectivity index (χ0v) is 23.0. The van der Waals surface area contributed by atoms with E-state index in [4.69, 9.17) is 0 Å². The first-order chi connectivity index (χ1) is 18.7. The third kappa shape index (κ3) is 5.57. The Balaban J connectivity index is 0.000000158. The van der Waals surface area contributed by atoms with Gasteiger partial charge in [0.15, 0.2) is 5.82 Å². The van der Waals surface area contributed by atoms with Gasteiger partial charge in [-0.15, -0.1) is 10.2 Å². The van der Waals surface area contributed by atoms with Crippen LogP contribution in [0.15, 0.2) is 72.8 Å². The van der Waals surface area contributed by atoms with E-state index in [0.29, 0.717) is 27.5 Å². The molecule has 194 valence electrons. The number of aryl methyl sites for hydroxylation is 6. The number of hydrogen-bond donors (Lipinski definition) is 0. The number of para-hydroxylation sites is 2. The van der Waals surface area contributed by atoms with Crippen molar-refractivity contribution in [2.45, 2.75) is 41.5 Å². The Morgan fingerprint density at radius 3 is 1.69 bits per heavy atom. The fourth-order valence-corrected chi connectivity index (χ4v) is 4.76. The predicted octanol–water partition coefficient (Wildman–Crippen LogP) is 6.47. The Bertz CT molecular complexity index is 1810. The molecule has 0 N–H and O–H groups in total. The molecule has 6 aromatic rings. The Morgan fingerprint density at radius 1 is 0.564 bits per heavy atom. The molecule has 0 atom stereocenters. The second kappa shape index (κ2) is 10.5. The van der Waals surface area contributed by atoms with E-state index in [9.17, 15) is 5.21 Å². The van der Waals surface area contributed by atoms with Crippen molar-refractivity contribution in [2.75, 3.05) is 0 Å². The van der Waals surface area contributed by atoms with Crippen LogP contribution in [0.3, 0.4) is 0 Å². The number of benzene rings is 4. The van der Waals surface area contributed by atoms with Crippen molar-refractivity contribution < 1.29 is 4.85 Å². The Hall–Kier alpha value is -4.78. The van der Waals surface area contributed by atoms with E-state index < -0.39 is 0 Å². The minimum atomic E-state index is 0.466. The number of hydrogen-bond acceptors (Lipinski definition) is 6. The van der Waals surface area contributed by atoms with Crippen molar-refractivity contribution in [1.29, 1.82) is 0 Å². The first kappa shape index (κ1) is 25.9. The highest BCUT2D eigenvalue weighted by Gasteiger charge is 2.14. The zero-order chi connectivity index (χ0) is 27.7. The monoisotopic (exact) mass is 514 g/mol. The lowest BCUT2D eigenvalue weighted by atomic mass is 10.1. The molecule has 7 heteroatoms. The number of fused-ring (bicyclic) bond motifs is 2. The summed E-state index contributed by atoms with van der Waals surface area (Å²) in [6.07, 6.45) is 0. The largest absolute Gasteiger partial charge is 0.594 e. The molecule has 4 aromatic carbocycles. The maximum absolute atomic E-state index is 12.1. The van der Waals surface area contributed by atoms with Crippen LogP contribution in [0.2, 0.25) is 0 Å². The van der Waals surface area contributed by atoms with Gasteiger partial charge in [-0.1, -0.05) is 58.7 Å². The summed E-state index contributed by atoms with van der Waals surface area (Å²) >= 11 is 0. The van der Waals surface area contributed by atoms with Gasteiger partial charge < -0.3 is 5.21 Å². The van der Waals surface area contributed by atoms with Crippen molar-refractivity contribution in [3.05, 3.63) is 111 Å². The van der Waals surface area contributed by atoms with Gasteiger partial charge in [-0.25, -0.2) is 9.97 Å². The summed E-state index contributed by atoms with van der Waals surface area (Å²) in [7, 11) is 0. The van der Waals surface area contributed by atoms with E-state index in [1.807, 2.05) is 70.2 Å². The van der Waals surface area contributed by atoms with Crippen LogP contribution in [0.25, 0.3) is 44.8 Å². The minimum absolute atomic E-state index is 0.466. The number of rotatable bonds is 2. The third-order valence-electron chi connectivity index (χ3n) is 6.47. The molecule has 2 heterocycles. The van der Waals surface area contributed by atoms with Gasteiger partial charge in [0.05, 0.1) is 5.52 Å². The summed E-state index contributed by atoms with van der Waals surface area (Å²) in [5.74, 6) is 1.15. The normalized spacial score (nSPS) is 10.9. The molecule has 7 nitrogen and oxygen atoms in total. The van der Waals surface area contributed by atoms with Crippen molar-refractivity contribution in [2.24, 2.45) is 0 Å². The van der Waals surface area contributed by atoms with Crippen LogP contribution < -0.4 is 4.85 Å². The Labute approximate surface area is 227 Å². The third-order valence-corrected chi connectivity index (χ3v) is 6.47. The molecule has 39 heavy (non-hydrogen) atoms. The van der Waals surface area contributed by atoms with E-state index in [1.165, 1.54) is 11.1 Å². The summed E-state index contributed by atoms with van der Waals surface area (Å²) in [5.41, 5.74) is 11.6. The second-order valence-corrected chi connectivity index (χ2v) is 10.1. The molecule has 2 aromatic heterocycles. The molecule has 0 amide bonds. The SMILES string of the molecule is Cc1cc(C)cc(-c2nc3c(C)cccc3[n+]([O-])n2)c1.Cc1cc(C)cc(-c2nnc3cccc(C)c3n2)c1. The van der Waals surface area contributed by atoms with E-state index in [0.717, 1.165) is 44.4 Å². The summed E-state index contributed by atoms with van der Waals surface area (Å²) < 4.78 is 0. The highest BCUT2D eigenvalue weighted by Crippen LogP contribution is 2.22. The smallest absolute Gasteiger partial charge is 0.270 e. The van der Waals surface area contributed by atoms with Crippen LogP contribution in [0.4, 0.5) is 0 Å². The second-order valence-electron chi connectivity index (χ2n) is 10.1. The van der Waals surface area contributed by atoms with Gasteiger partial charge in [-0.05, 0) is 87.8 Å². The Morgan fingerprint density at radius 2 is 1.08 bits per heavy atom. The zero-order valence-electron chi connectivity index (χ0n) is 23.0. The summed E-state index contributed by atoms with van der Waals surface area (Å²) in [6, 6.07) is 23.9. The first-order valence-corrected chi connectivity index (χ1v) is 12.8. The topological polar surface area (TPSA) is 91.4 Å².